The van der Waals surface area contributed by atoms with E-state index in [4.69, 9.17) is 11.6 Å². The van der Waals surface area contributed by atoms with E-state index in [0.717, 1.165) is 10.4 Å². The maximum Gasteiger partial charge on any atom is 0.387 e. The molecule has 0 aliphatic carbocycles. The van der Waals surface area contributed by atoms with E-state index in [2.05, 4.69) is 9.46 Å². The van der Waals surface area contributed by atoms with Gasteiger partial charge in [0.05, 0.1) is 10.7 Å². The molecule has 0 aliphatic heterocycles. The zero-order chi connectivity index (χ0) is 13.9. The average Bonchev–Trinajstić information content (AvgIpc) is 2.21. The van der Waals surface area contributed by atoms with Crippen molar-refractivity contribution in [3.8, 4) is 5.75 Å². The minimum atomic E-state index is -3.67. The molecule has 1 aromatic rings. The third kappa shape index (κ3) is 3.97. The van der Waals surface area contributed by atoms with E-state index < -0.39 is 16.8 Å². The highest BCUT2D eigenvalue weighted by Gasteiger charge is 2.15. The van der Waals surface area contributed by atoms with Gasteiger partial charge in [0.1, 0.15) is 5.75 Å². The Hall–Kier alpha value is -1.12. The molecule has 0 saturated heterocycles. The Morgan fingerprint density at radius 1 is 1.39 bits per heavy atom. The molecule has 0 aromatic heterocycles. The summed E-state index contributed by atoms with van der Waals surface area (Å²) < 4.78 is 54.2. The first-order chi connectivity index (χ1) is 8.22. The molecule has 9 heteroatoms. The first kappa shape index (κ1) is 14.9. The predicted molar refractivity (Wildman–Crippen MR) is 64.3 cm³/mol. The summed E-state index contributed by atoms with van der Waals surface area (Å²) in [5.74, 6) is -0.223. The van der Waals surface area contributed by atoms with Crippen molar-refractivity contribution >= 4 is 27.5 Å². The third-order valence-electron chi connectivity index (χ3n) is 1.88. The first-order valence-electron chi connectivity index (χ1n) is 4.67. The van der Waals surface area contributed by atoms with Crippen molar-refractivity contribution in [1.82, 2.24) is 4.31 Å². The molecule has 0 spiro atoms. The smallest absolute Gasteiger partial charge is 0.387 e. The van der Waals surface area contributed by atoms with E-state index in [1.54, 1.807) is 0 Å². The highest BCUT2D eigenvalue weighted by Crippen LogP contribution is 2.29. The Bertz CT molecular complexity index is 523. The predicted octanol–water partition coefficient (Wildman–Crippen LogP) is 2.16. The second-order valence-corrected chi connectivity index (χ2v) is 5.70. The number of ether oxygens (including phenoxy) is 1. The summed E-state index contributed by atoms with van der Waals surface area (Å²) in [6.07, 6.45) is 0. The van der Waals surface area contributed by atoms with Gasteiger partial charge in [0.15, 0.2) is 0 Å². The monoisotopic (exact) mass is 300 g/mol. The van der Waals surface area contributed by atoms with Gasteiger partial charge < -0.3 is 4.74 Å². The molecule has 1 aromatic carbocycles. The fourth-order valence-electron chi connectivity index (χ4n) is 0.996. The van der Waals surface area contributed by atoms with Crippen LogP contribution >= 0.6 is 11.6 Å². The van der Waals surface area contributed by atoms with Crippen molar-refractivity contribution < 1.29 is 21.9 Å². The number of alkyl halides is 2. The van der Waals surface area contributed by atoms with Crippen LogP contribution in [0, 0.1) is 0 Å². The van der Waals surface area contributed by atoms with Crippen LogP contribution in [0.1, 0.15) is 0 Å². The molecule has 0 amide bonds. The number of nitrogens with one attached hydrogen (secondary N) is 1. The van der Waals surface area contributed by atoms with Gasteiger partial charge in [-0.25, -0.2) is 0 Å². The van der Waals surface area contributed by atoms with Crippen molar-refractivity contribution in [2.24, 2.45) is 0 Å². The minimum Gasteiger partial charge on any atom is -0.433 e. The quantitative estimate of drug-likeness (QED) is 0.906. The summed E-state index contributed by atoms with van der Waals surface area (Å²) in [6.45, 7) is -2.99. The molecule has 0 fully saturated rings. The highest BCUT2D eigenvalue weighted by molar-refractivity contribution is 7.90. The summed E-state index contributed by atoms with van der Waals surface area (Å²) in [6, 6.07) is 3.60. The second-order valence-electron chi connectivity index (χ2n) is 3.41. The third-order valence-corrected chi connectivity index (χ3v) is 3.63. The Labute approximate surface area is 108 Å². The fraction of sp³-hybridized carbons (Fsp3) is 0.333. The van der Waals surface area contributed by atoms with E-state index in [1.165, 1.54) is 26.2 Å². The van der Waals surface area contributed by atoms with Gasteiger partial charge in [0.25, 0.3) is 0 Å². The lowest BCUT2D eigenvalue weighted by molar-refractivity contribution is -0.0497. The van der Waals surface area contributed by atoms with Gasteiger partial charge in [-0.05, 0) is 18.2 Å². The molecule has 5 nitrogen and oxygen atoms in total. The molecule has 0 saturated carbocycles. The van der Waals surface area contributed by atoms with E-state index >= 15 is 0 Å². The lowest BCUT2D eigenvalue weighted by atomic mass is 10.3. The molecular formula is C9H11ClF2N2O3S. The van der Waals surface area contributed by atoms with Crippen LogP contribution < -0.4 is 9.46 Å². The van der Waals surface area contributed by atoms with Gasteiger partial charge >= 0.3 is 16.8 Å². The topological polar surface area (TPSA) is 58.6 Å². The number of halogens is 3. The lowest BCUT2D eigenvalue weighted by Crippen LogP contribution is -2.28. The standard InChI is InChI=1S/C9H11ClF2N2O3S/c1-14(2)18(15,16)13-6-3-4-8(7(10)5-6)17-9(11)12/h3-5,9,13H,1-2H3. The lowest BCUT2D eigenvalue weighted by Gasteiger charge is -2.14. The van der Waals surface area contributed by atoms with Gasteiger partial charge in [0.2, 0.25) is 0 Å². The molecule has 18 heavy (non-hydrogen) atoms. The SMILES string of the molecule is CN(C)S(=O)(=O)Nc1ccc(OC(F)F)c(Cl)c1. The van der Waals surface area contributed by atoms with E-state index in [9.17, 15) is 17.2 Å². The Morgan fingerprint density at radius 2 is 2.00 bits per heavy atom. The molecule has 0 unspecified atom stereocenters. The number of benzene rings is 1. The van der Waals surface area contributed by atoms with Gasteiger partial charge in [0, 0.05) is 14.1 Å². The van der Waals surface area contributed by atoms with Crippen LogP contribution in [-0.2, 0) is 10.2 Å². The number of anilines is 1. The maximum absolute atomic E-state index is 12.0. The Morgan fingerprint density at radius 3 is 2.44 bits per heavy atom. The molecule has 1 N–H and O–H groups in total. The first-order valence-corrected chi connectivity index (χ1v) is 6.49. The fourth-order valence-corrected chi connectivity index (χ4v) is 1.83. The van der Waals surface area contributed by atoms with Crippen LogP contribution in [0.15, 0.2) is 18.2 Å². The Kier molecular flexibility index (Phi) is 4.71. The van der Waals surface area contributed by atoms with Crippen molar-refractivity contribution in [3.05, 3.63) is 23.2 Å². The zero-order valence-corrected chi connectivity index (χ0v) is 11.1. The summed E-state index contributed by atoms with van der Waals surface area (Å²) in [5.41, 5.74) is 0.148. The summed E-state index contributed by atoms with van der Waals surface area (Å²) in [5, 5.41) is -0.116. The Balaban J connectivity index is 2.92. The molecule has 102 valence electrons. The number of hydrogen-bond acceptors (Lipinski definition) is 3. The molecule has 0 aliphatic rings. The van der Waals surface area contributed by atoms with E-state index in [0.29, 0.717) is 0 Å². The van der Waals surface area contributed by atoms with Gasteiger partial charge in [-0.3, -0.25) is 4.72 Å². The zero-order valence-electron chi connectivity index (χ0n) is 9.52. The molecule has 0 heterocycles. The average molecular weight is 301 g/mol. The van der Waals surface area contributed by atoms with Crippen molar-refractivity contribution in [2.45, 2.75) is 6.61 Å². The van der Waals surface area contributed by atoms with Gasteiger partial charge in [-0.15, -0.1) is 0 Å². The minimum absolute atomic E-state index is 0.116. The molecular weight excluding hydrogens is 290 g/mol. The van der Waals surface area contributed by atoms with Crippen LogP contribution in [0.4, 0.5) is 14.5 Å². The van der Waals surface area contributed by atoms with Crippen LogP contribution in [0.25, 0.3) is 0 Å². The highest BCUT2D eigenvalue weighted by atomic mass is 35.5. The molecule has 1 rings (SSSR count). The van der Waals surface area contributed by atoms with Crippen LogP contribution in [0.3, 0.4) is 0 Å². The van der Waals surface area contributed by atoms with E-state index in [-0.39, 0.29) is 16.5 Å². The number of nitrogens with zero attached hydrogens (tertiary/aromatic N) is 1. The summed E-state index contributed by atoms with van der Waals surface area (Å²) >= 11 is 5.68. The number of rotatable bonds is 5. The molecule has 0 atom stereocenters. The normalized spacial score (nSPS) is 11.9. The van der Waals surface area contributed by atoms with Crippen LogP contribution in [0.5, 0.6) is 5.75 Å². The van der Waals surface area contributed by atoms with Crippen LogP contribution in [-0.4, -0.2) is 33.4 Å². The van der Waals surface area contributed by atoms with Crippen molar-refractivity contribution in [2.75, 3.05) is 18.8 Å². The molecule has 0 bridgehead atoms. The second kappa shape index (κ2) is 5.68. The van der Waals surface area contributed by atoms with Gasteiger partial charge in [-0.1, -0.05) is 11.6 Å². The van der Waals surface area contributed by atoms with Gasteiger partial charge in [-0.2, -0.15) is 21.5 Å². The molecule has 0 radical (unpaired) electrons. The van der Waals surface area contributed by atoms with Crippen LogP contribution in [0.2, 0.25) is 5.02 Å². The largest absolute Gasteiger partial charge is 0.433 e. The number of hydrogen-bond donors (Lipinski definition) is 1. The summed E-state index contributed by atoms with van der Waals surface area (Å²) in [7, 11) is -0.977. The van der Waals surface area contributed by atoms with Crippen molar-refractivity contribution in [3.63, 3.8) is 0 Å². The maximum atomic E-state index is 12.0. The summed E-state index contributed by atoms with van der Waals surface area (Å²) in [4.78, 5) is 0. The van der Waals surface area contributed by atoms with E-state index in [1.807, 2.05) is 0 Å². The van der Waals surface area contributed by atoms with Crippen molar-refractivity contribution in [1.29, 1.82) is 0 Å².